The van der Waals surface area contributed by atoms with E-state index in [0.29, 0.717) is 0 Å². The molecule has 0 N–H and O–H groups in total. The number of halogens is 3. The summed E-state index contributed by atoms with van der Waals surface area (Å²) in [6.07, 6.45) is 4.00. The van der Waals surface area contributed by atoms with Gasteiger partial charge in [0.2, 0.25) is 0 Å². The molecule has 2 atom stereocenters. The minimum atomic E-state index is -1.85. The van der Waals surface area contributed by atoms with Crippen molar-refractivity contribution in [2.45, 2.75) is 50.4 Å². The van der Waals surface area contributed by atoms with Crippen LogP contribution < -0.4 is 0 Å². The quantitative estimate of drug-likeness (QED) is 0.562. The SMILES string of the molecule is CC1(C)OB(C2C(F)=CC=CC2(F)CBr)OC1(C)C. The van der Waals surface area contributed by atoms with E-state index in [1.54, 1.807) is 0 Å². The zero-order valence-corrected chi connectivity index (χ0v) is 13.1. The van der Waals surface area contributed by atoms with Crippen LogP contribution in [0.1, 0.15) is 27.7 Å². The summed E-state index contributed by atoms with van der Waals surface area (Å²) in [6.45, 7) is 7.45. The van der Waals surface area contributed by atoms with Crippen LogP contribution in [0.4, 0.5) is 8.78 Å². The number of rotatable bonds is 2. The molecule has 0 aromatic rings. The highest BCUT2D eigenvalue weighted by atomic mass is 79.9. The summed E-state index contributed by atoms with van der Waals surface area (Å²) in [6, 6.07) is 0. The average Bonchev–Trinajstić information content (AvgIpc) is 2.47. The maximum Gasteiger partial charge on any atom is 0.471 e. The average molecular weight is 335 g/mol. The van der Waals surface area contributed by atoms with Crippen molar-refractivity contribution in [1.82, 2.24) is 0 Å². The molecular weight excluding hydrogens is 317 g/mol. The third-order valence-electron chi connectivity index (χ3n) is 4.19. The highest BCUT2D eigenvalue weighted by Gasteiger charge is 2.60. The van der Waals surface area contributed by atoms with E-state index in [4.69, 9.17) is 9.31 Å². The largest absolute Gasteiger partial charge is 0.471 e. The molecule has 2 unspecified atom stereocenters. The number of alkyl halides is 2. The van der Waals surface area contributed by atoms with Crippen LogP contribution in [0.15, 0.2) is 24.1 Å². The molecule has 0 spiro atoms. The Hall–Kier alpha value is -0.195. The summed E-state index contributed by atoms with van der Waals surface area (Å²) in [5, 5.41) is -0.00744. The van der Waals surface area contributed by atoms with Crippen LogP contribution in [0.3, 0.4) is 0 Å². The van der Waals surface area contributed by atoms with Crippen LogP contribution in [0.25, 0.3) is 0 Å². The van der Waals surface area contributed by atoms with E-state index in [2.05, 4.69) is 15.9 Å². The van der Waals surface area contributed by atoms with Crippen LogP contribution in [-0.4, -0.2) is 29.3 Å². The Balaban J connectivity index is 2.32. The van der Waals surface area contributed by atoms with Crippen molar-refractivity contribution in [3.05, 3.63) is 24.1 Å². The zero-order valence-electron chi connectivity index (χ0n) is 11.5. The Morgan fingerprint density at radius 2 is 1.79 bits per heavy atom. The Labute approximate surface area is 121 Å². The van der Waals surface area contributed by atoms with Crippen LogP contribution >= 0.6 is 15.9 Å². The molecule has 1 aliphatic carbocycles. The molecule has 2 aliphatic rings. The van der Waals surface area contributed by atoms with E-state index in [9.17, 15) is 8.78 Å². The number of allylic oxidation sites excluding steroid dienone is 4. The molecule has 0 aromatic carbocycles. The fourth-order valence-corrected chi connectivity index (χ4v) is 2.78. The normalized spacial score (nSPS) is 36.5. The Morgan fingerprint density at radius 1 is 1.26 bits per heavy atom. The minimum absolute atomic E-state index is 0.00744. The maximum atomic E-state index is 14.8. The number of hydrogen-bond acceptors (Lipinski definition) is 2. The third kappa shape index (κ3) is 2.43. The highest BCUT2D eigenvalue weighted by Crippen LogP contribution is 2.49. The highest BCUT2D eigenvalue weighted by molar-refractivity contribution is 9.09. The molecule has 0 bridgehead atoms. The van der Waals surface area contributed by atoms with E-state index in [0.717, 1.165) is 0 Å². The zero-order chi connectivity index (χ0) is 14.5. The van der Waals surface area contributed by atoms with Gasteiger partial charge in [-0.3, -0.25) is 0 Å². The lowest BCUT2D eigenvalue weighted by molar-refractivity contribution is 0.00578. The number of hydrogen-bond donors (Lipinski definition) is 0. The molecular formula is C13H18BBrF2O2. The monoisotopic (exact) mass is 334 g/mol. The van der Waals surface area contributed by atoms with Crippen LogP contribution in [0.2, 0.25) is 5.82 Å². The molecule has 1 heterocycles. The van der Waals surface area contributed by atoms with Crippen molar-refractivity contribution >= 4 is 23.0 Å². The lowest BCUT2D eigenvalue weighted by Gasteiger charge is -2.32. The fourth-order valence-electron chi connectivity index (χ4n) is 2.25. The summed E-state index contributed by atoms with van der Waals surface area (Å²) < 4.78 is 40.4. The van der Waals surface area contributed by atoms with Gasteiger partial charge in [-0.25, -0.2) is 8.78 Å². The second-order valence-corrected chi connectivity index (χ2v) is 6.63. The summed E-state index contributed by atoms with van der Waals surface area (Å²) in [5.74, 6) is -1.64. The molecule has 106 valence electrons. The predicted molar refractivity (Wildman–Crippen MR) is 75.8 cm³/mol. The molecule has 1 saturated heterocycles. The first-order chi connectivity index (χ1) is 8.63. The molecule has 1 fully saturated rings. The van der Waals surface area contributed by atoms with Crippen LogP contribution in [-0.2, 0) is 9.31 Å². The lowest BCUT2D eigenvalue weighted by Crippen LogP contribution is -2.42. The topological polar surface area (TPSA) is 18.5 Å². The summed E-state index contributed by atoms with van der Waals surface area (Å²) in [4.78, 5) is 0. The molecule has 0 saturated carbocycles. The smallest absolute Gasteiger partial charge is 0.403 e. The van der Waals surface area contributed by atoms with E-state index < -0.39 is 35.6 Å². The van der Waals surface area contributed by atoms with Gasteiger partial charge in [0, 0.05) is 5.33 Å². The van der Waals surface area contributed by atoms with E-state index in [-0.39, 0.29) is 5.33 Å². The summed E-state index contributed by atoms with van der Waals surface area (Å²) >= 11 is 3.11. The standard InChI is InChI=1S/C13H18BBrF2O2/c1-11(2)12(3,4)19-14(18-11)10-9(16)6-5-7-13(10,17)8-15/h5-7,10H,8H2,1-4H3. The first kappa shape index (κ1) is 15.2. The molecule has 1 aliphatic heterocycles. The fraction of sp³-hybridized carbons (Fsp3) is 0.692. The molecule has 2 nitrogen and oxygen atoms in total. The molecule has 6 heteroatoms. The maximum absolute atomic E-state index is 14.8. The van der Waals surface area contributed by atoms with Crippen molar-refractivity contribution in [2.75, 3.05) is 5.33 Å². The van der Waals surface area contributed by atoms with E-state index in [1.807, 2.05) is 27.7 Å². The van der Waals surface area contributed by atoms with Gasteiger partial charge in [-0.1, -0.05) is 22.0 Å². The molecule has 0 radical (unpaired) electrons. The predicted octanol–water partition coefficient (Wildman–Crippen LogP) is 3.98. The van der Waals surface area contributed by atoms with Gasteiger partial charge in [-0.05, 0) is 39.8 Å². The Bertz CT molecular complexity index is 420. The van der Waals surface area contributed by atoms with Gasteiger partial charge in [0.05, 0.1) is 17.0 Å². The first-order valence-corrected chi connectivity index (χ1v) is 7.40. The van der Waals surface area contributed by atoms with Crippen molar-refractivity contribution in [1.29, 1.82) is 0 Å². The molecule has 0 amide bonds. The Kier molecular flexibility index (Phi) is 3.74. The van der Waals surface area contributed by atoms with Gasteiger partial charge in [0.25, 0.3) is 0 Å². The van der Waals surface area contributed by atoms with Crippen LogP contribution in [0.5, 0.6) is 0 Å². The van der Waals surface area contributed by atoms with Gasteiger partial charge < -0.3 is 9.31 Å². The third-order valence-corrected chi connectivity index (χ3v) is 5.05. The van der Waals surface area contributed by atoms with Gasteiger partial charge in [0.1, 0.15) is 11.5 Å². The lowest BCUT2D eigenvalue weighted by atomic mass is 9.62. The van der Waals surface area contributed by atoms with Crippen molar-refractivity contribution in [3.8, 4) is 0 Å². The van der Waals surface area contributed by atoms with E-state index in [1.165, 1.54) is 18.2 Å². The summed E-state index contributed by atoms with van der Waals surface area (Å²) in [7, 11) is -0.936. The summed E-state index contributed by atoms with van der Waals surface area (Å²) in [5.41, 5.74) is -3.06. The molecule has 19 heavy (non-hydrogen) atoms. The van der Waals surface area contributed by atoms with Gasteiger partial charge in [-0.15, -0.1) is 0 Å². The van der Waals surface area contributed by atoms with Crippen molar-refractivity contribution in [3.63, 3.8) is 0 Å². The minimum Gasteiger partial charge on any atom is -0.403 e. The van der Waals surface area contributed by atoms with Crippen LogP contribution in [0, 0.1) is 0 Å². The van der Waals surface area contributed by atoms with Gasteiger partial charge in [-0.2, -0.15) is 0 Å². The first-order valence-electron chi connectivity index (χ1n) is 6.28. The van der Waals surface area contributed by atoms with E-state index >= 15 is 0 Å². The van der Waals surface area contributed by atoms with Gasteiger partial charge >= 0.3 is 7.12 Å². The van der Waals surface area contributed by atoms with Crippen molar-refractivity contribution < 1.29 is 18.1 Å². The molecule has 0 aromatic heterocycles. The molecule has 2 rings (SSSR count). The Morgan fingerprint density at radius 3 is 2.26 bits per heavy atom. The van der Waals surface area contributed by atoms with Gasteiger partial charge in [0.15, 0.2) is 0 Å². The van der Waals surface area contributed by atoms with Crippen molar-refractivity contribution in [2.24, 2.45) is 0 Å². The second kappa shape index (κ2) is 4.67. The second-order valence-electron chi connectivity index (χ2n) is 6.07.